The molecule has 0 aromatic carbocycles. The molecular weight excluding hydrogens is 280 g/mol. The number of likely N-dealkylation sites (tertiary alicyclic amines) is 1. The van der Waals surface area contributed by atoms with Crippen LogP contribution >= 0.6 is 0 Å². The van der Waals surface area contributed by atoms with E-state index in [1.807, 2.05) is 0 Å². The summed E-state index contributed by atoms with van der Waals surface area (Å²) < 4.78 is 0. The summed E-state index contributed by atoms with van der Waals surface area (Å²) in [6, 6.07) is 1.98. The number of carbonyl (C=O) groups excluding carboxylic acids is 1. The second-order valence-corrected chi connectivity index (χ2v) is 5.77. The van der Waals surface area contributed by atoms with Crippen LogP contribution in [-0.4, -0.2) is 51.8 Å². The third kappa shape index (κ3) is 2.85. The molecule has 3 N–H and O–H groups in total. The number of rotatable bonds is 3. The molecule has 0 unspecified atom stereocenters. The summed E-state index contributed by atoms with van der Waals surface area (Å²) in [7, 11) is 2.12. The zero-order valence-corrected chi connectivity index (χ0v) is 12.8. The number of pyridine rings is 1. The summed E-state index contributed by atoms with van der Waals surface area (Å²) in [5.41, 5.74) is 6.99. The van der Waals surface area contributed by atoms with Crippen molar-refractivity contribution in [3.05, 3.63) is 17.8 Å². The molecule has 22 heavy (non-hydrogen) atoms. The zero-order valence-electron chi connectivity index (χ0n) is 12.8. The van der Waals surface area contributed by atoms with Gasteiger partial charge in [0.15, 0.2) is 11.4 Å². The van der Waals surface area contributed by atoms with Crippen LogP contribution in [0.4, 0.5) is 11.8 Å². The fraction of sp³-hybridized carbons (Fsp3) is 0.467. The zero-order chi connectivity index (χ0) is 15.7. The van der Waals surface area contributed by atoms with Crippen molar-refractivity contribution in [3.8, 4) is 0 Å². The molecule has 116 valence electrons. The lowest BCUT2D eigenvalue weighted by Gasteiger charge is -2.29. The Labute approximate surface area is 128 Å². The van der Waals surface area contributed by atoms with Crippen molar-refractivity contribution < 1.29 is 4.79 Å². The monoisotopic (exact) mass is 300 g/mol. The molecule has 0 saturated carbocycles. The summed E-state index contributed by atoms with van der Waals surface area (Å²) in [5, 5.41) is 3.86. The summed E-state index contributed by atoms with van der Waals surface area (Å²) in [6.45, 7) is 3.60. The van der Waals surface area contributed by atoms with Crippen molar-refractivity contribution in [2.24, 2.45) is 0 Å². The van der Waals surface area contributed by atoms with Crippen molar-refractivity contribution in [2.45, 2.75) is 25.8 Å². The Morgan fingerprint density at radius 2 is 2.09 bits per heavy atom. The number of carbonyl (C=O) groups is 1. The van der Waals surface area contributed by atoms with E-state index in [0.29, 0.717) is 34.4 Å². The maximum atomic E-state index is 11.7. The van der Waals surface area contributed by atoms with E-state index in [4.69, 9.17) is 5.73 Å². The van der Waals surface area contributed by atoms with Crippen molar-refractivity contribution in [1.82, 2.24) is 19.9 Å². The number of ketones is 1. The number of hydrogen-bond acceptors (Lipinski definition) is 7. The Morgan fingerprint density at radius 3 is 2.77 bits per heavy atom. The first-order valence-corrected chi connectivity index (χ1v) is 7.43. The SMILES string of the molecule is CC(=O)c1ccnc2nc(NC3CCN(C)CC3)nc(N)c12. The van der Waals surface area contributed by atoms with Gasteiger partial charge < -0.3 is 16.0 Å². The first-order valence-electron chi connectivity index (χ1n) is 7.43. The number of nitrogens with one attached hydrogen (secondary N) is 1. The topological polar surface area (TPSA) is 97.0 Å². The summed E-state index contributed by atoms with van der Waals surface area (Å²) in [6.07, 6.45) is 3.66. The number of nitrogens with two attached hydrogens (primary N) is 1. The van der Waals surface area contributed by atoms with Gasteiger partial charge in [-0.15, -0.1) is 0 Å². The van der Waals surface area contributed by atoms with Crippen LogP contribution in [0.15, 0.2) is 12.3 Å². The van der Waals surface area contributed by atoms with Gasteiger partial charge in [0.1, 0.15) is 5.82 Å². The van der Waals surface area contributed by atoms with Crippen molar-refractivity contribution in [2.75, 3.05) is 31.2 Å². The molecule has 3 heterocycles. The van der Waals surface area contributed by atoms with Gasteiger partial charge in [0.05, 0.1) is 5.39 Å². The van der Waals surface area contributed by atoms with E-state index in [9.17, 15) is 4.79 Å². The van der Waals surface area contributed by atoms with Crippen LogP contribution in [0, 0.1) is 0 Å². The molecule has 7 heteroatoms. The highest BCUT2D eigenvalue weighted by Crippen LogP contribution is 2.23. The number of aromatic nitrogens is 3. The normalized spacial score (nSPS) is 16.8. The molecule has 1 fully saturated rings. The number of anilines is 2. The van der Waals surface area contributed by atoms with Crippen LogP contribution in [0.2, 0.25) is 0 Å². The van der Waals surface area contributed by atoms with Crippen LogP contribution in [-0.2, 0) is 0 Å². The highest BCUT2D eigenvalue weighted by atomic mass is 16.1. The van der Waals surface area contributed by atoms with Crippen LogP contribution in [0.25, 0.3) is 11.0 Å². The van der Waals surface area contributed by atoms with E-state index in [-0.39, 0.29) is 5.78 Å². The van der Waals surface area contributed by atoms with Gasteiger partial charge in [-0.05, 0) is 46.0 Å². The minimum atomic E-state index is -0.0706. The molecule has 2 aromatic rings. The number of nitrogens with zero attached hydrogens (tertiary/aromatic N) is 4. The first kappa shape index (κ1) is 14.6. The highest BCUT2D eigenvalue weighted by molar-refractivity contribution is 6.08. The average molecular weight is 300 g/mol. The Bertz CT molecular complexity index is 708. The number of nitrogen functional groups attached to an aromatic ring is 1. The smallest absolute Gasteiger partial charge is 0.226 e. The van der Waals surface area contributed by atoms with E-state index in [1.54, 1.807) is 12.3 Å². The molecule has 0 amide bonds. The lowest BCUT2D eigenvalue weighted by molar-refractivity contribution is 0.101. The van der Waals surface area contributed by atoms with E-state index in [0.717, 1.165) is 25.9 Å². The number of hydrogen-bond donors (Lipinski definition) is 2. The third-order valence-corrected chi connectivity index (χ3v) is 4.06. The lowest BCUT2D eigenvalue weighted by atomic mass is 10.1. The van der Waals surface area contributed by atoms with E-state index >= 15 is 0 Å². The van der Waals surface area contributed by atoms with E-state index in [1.165, 1.54) is 6.92 Å². The van der Waals surface area contributed by atoms with Gasteiger partial charge in [-0.25, -0.2) is 4.98 Å². The van der Waals surface area contributed by atoms with Gasteiger partial charge in [-0.1, -0.05) is 0 Å². The fourth-order valence-corrected chi connectivity index (χ4v) is 2.78. The molecule has 1 aliphatic rings. The minimum Gasteiger partial charge on any atom is -0.383 e. The van der Waals surface area contributed by atoms with Gasteiger partial charge in [0.25, 0.3) is 0 Å². The van der Waals surface area contributed by atoms with Crippen molar-refractivity contribution in [3.63, 3.8) is 0 Å². The van der Waals surface area contributed by atoms with Gasteiger partial charge in [0.2, 0.25) is 5.95 Å². The maximum absolute atomic E-state index is 11.7. The predicted molar refractivity (Wildman–Crippen MR) is 85.9 cm³/mol. The number of piperidine rings is 1. The van der Waals surface area contributed by atoms with Gasteiger partial charge in [-0.3, -0.25) is 4.79 Å². The van der Waals surface area contributed by atoms with E-state index < -0.39 is 0 Å². The van der Waals surface area contributed by atoms with E-state index in [2.05, 4.69) is 32.2 Å². The van der Waals surface area contributed by atoms with Crippen molar-refractivity contribution >= 4 is 28.6 Å². The predicted octanol–water partition coefficient (Wildman–Crippen LogP) is 1.32. The Hall–Kier alpha value is -2.28. The highest BCUT2D eigenvalue weighted by Gasteiger charge is 2.19. The minimum absolute atomic E-state index is 0.0706. The molecule has 1 saturated heterocycles. The summed E-state index contributed by atoms with van der Waals surface area (Å²) in [5.74, 6) is 0.699. The molecule has 0 atom stereocenters. The molecule has 0 aliphatic carbocycles. The van der Waals surface area contributed by atoms with Crippen molar-refractivity contribution in [1.29, 1.82) is 0 Å². The summed E-state index contributed by atoms with van der Waals surface area (Å²) in [4.78, 5) is 26.9. The standard InChI is InChI=1S/C15H20N6O/c1-9(22)11-3-6-17-14-12(11)13(16)19-15(20-14)18-10-4-7-21(2)8-5-10/h3,6,10H,4-5,7-8H2,1-2H3,(H3,16,17,18,19,20). The van der Waals surface area contributed by atoms with Gasteiger partial charge >= 0.3 is 0 Å². The maximum Gasteiger partial charge on any atom is 0.226 e. The van der Waals surface area contributed by atoms with Gasteiger partial charge in [0, 0.05) is 17.8 Å². The quantitative estimate of drug-likeness (QED) is 0.825. The Morgan fingerprint density at radius 1 is 1.36 bits per heavy atom. The van der Waals surface area contributed by atoms with Crippen LogP contribution in [0.1, 0.15) is 30.1 Å². The van der Waals surface area contributed by atoms with Crippen LogP contribution in [0.5, 0.6) is 0 Å². The van der Waals surface area contributed by atoms with Crippen LogP contribution < -0.4 is 11.1 Å². The molecule has 1 aliphatic heterocycles. The summed E-state index contributed by atoms with van der Waals surface area (Å²) >= 11 is 0. The fourth-order valence-electron chi connectivity index (χ4n) is 2.78. The lowest BCUT2D eigenvalue weighted by Crippen LogP contribution is -2.37. The number of Topliss-reactive ketones (excluding diaryl/α,β-unsaturated/α-hetero) is 1. The average Bonchev–Trinajstić information content (AvgIpc) is 2.49. The molecule has 3 rings (SSSR count). The first-order chi connectivity index (χ1) is 10.5. The molecular formula is C15H20N6O. The number of fused-ring (bicyclic) bond motifs is 1. The molecule has 0 radical (unpaired) electrons. The van der Waals surface area contributed by atoms with Crippen LogP contribution in [0.3, 0.4) is 0 Å². The largest absolute Gasteiger partial charge is 0.383 e. The second kappa shape index (κ2) is 5.84. The molecule has 7 nitrogen and oxygen atoms in total. The molecule has 0 spiro atoms. The van der Waals surface area contributed by atoms with Gasteiger partial charge in [-0.2, -0.15) is 9.97 Å². The second-order valence-electron chi connectivity index (χ2n) is 5.77. The Balaban J connectivity index is 1.91. The molecule has 2 aromatic heterocycles. The molecule has 0 bridgehead atoms. The third-order valence-electron chi connectivity index (χ3n) is 4.06. The Kier molecular flexibility index (Phi) is 3.89.